The minimum atomic E-state index is -4.43. The molecule has 1 aromatic rings. The normalized spacial score (nSPS) is 12.7. The number of rotatable bonds is 6. The van der Waals surface area contributed by atoms with Crippen LogP contribution in [0.25, 0.3) is 0 Å². The van der Waals surface area contributed by atoms with E-state index in [1.165, 1.54) is 0 Å². The van der Waals surface area contributed by atoms with Gasteiger partial charge in [0, 0.05) is 4.90 Å². The molecule has 0 aromatic heterocycles. The van der Waals surface area contributed by atoms with Gasteiger partial charge in [0.15, 0.2) is 0 Å². The second kappa shape index (κ2) is 8.12. The smallest absolute Gasteiger partial charge is 0.270 e. The third-order valence-electron chi connectivity index (χ3n) is 2.50. The van der Waals surface area contributed by atoms with E-state index in [0.29, 0.717) is 12.1 Å². The van der Waals surface area contributed by atoms with Crippen molar-refractivity contribution in [2.45, 2.75) is 19.6 Å². The first-order chi connectivity index (χ1) is 9.93. The Balaban J connectivity index is 0.00000484. The molecule has 9 nitrogen and oxygen atoms in total. The maximum absolute atomic E-state index is 11.8. The summed E-state index contributed by atoms with van der Waals surface area (Å²) in [5, 5.41) is 0. The predicted octanol–water partition coefficient (Wildman–Crippen LogP) is -3.02. The second-order valence-electron chi connectivity index (χ2n) is 3.63. The van der Waals surface area contributed by atoms with Crippen molar-refractivity contribution in [3.8, 4) is 0 Å². The van der Waals surface area contributed by atoms with Crippen LogP contribution in [-0.2, 0) is 42.9 Å². The van der Waals surface area contributed by atoms with Gasteiger partial charge in [-0.25, -0.2) is 0 Å². The Morgan fingerprint density at radius 1 is 0.739 bits per heavy atom. The van der Waals surface area contributed by atoms with Gasteiger partial charge in [0.2, 0.25) is 0 Å². The molecule has 0 radical (unpaired) electrons. The molecular formula is C9H12NaO9S4+. The zero-order valence-electron chi connectivity index (χ0n) is 12.5. The van der Waals surface area contributed by atoms with E-state index in [1.807, 2.05) is 0 Å². The molecule has 0 aliphatic carbocycles. The average molecular weight is 415 g/mol. The minimum absolute atomic E-state index is 0. The van der Waals surface area contributed by atoms with Crippen LogP contribution in [0, 0.1) is 0 Å². The van der Waals surface area contributed by atoms with Gasteiger partial charge >= 0.3 is 29.6 Å². The molecule has 0 amide bonds. The molecule has 126 valence electrons. The van der Waals surface area contributed by atoms with E-state index in [2.05, 4.69) is 25.2 Å². The van der Waals surface area contributed by atoms with E-state index in [4.69, 9.17) is 0 Å². The molecule has 1 aromatic carbocycles. The summed E-state index contributed by atoms with van der Waals surface area (Å²) in [5.74, 6) is 0. The summed E-state index contributed by atoms with van der Waals surface area (Å²) in [6.07, 6.45) is 0. The molecule has 0 atom stereocenters. The topological polar surface area (TPSA) is 130 Å². The average Bonchev–Trinajstić information content (AvgIpc) is 2.46. The molecule has 0 saturated carbocycles. The summed E-state index contributed by atoms with van der Waals surface area (Å²) in [6, 6.07) is 1.35. The van der Waals surface area contributed by atoms with E-state index in [0.717, 1.165) is 21.3 Å². The Hall–Kier alpha value is 0.300. The summed E-state index contributed by atoms with van der Waals surface area (Å²) in [4.78, 5) is -2.77. The molecule has 0 fully saturated rings. The molecule has 0 heterocycles. The molecule has 23 heavy (non-hydrogen) atoms. The summed E-state index contributed by atoms with van der Waals surface area (Å²) >= 11 is 3.82. The monoisotopic (exact) mass is 415 g/mol. The Bertz CT molecular complexity index is 832. The van der Waals surface area contributed by atoms with E-state index in [1.54, 1.807) is 0 Å². The number of hydrogen-bond donors (Lipinski definition) is 1. The number of benzene rings is 1. The zero-order valence-corrected chi connectivity index (χ0v) is 17.8. The molecule has 0 spiro atoms. The van der Waals surface area contributed by atoms with Crippen LogP contribution in [-0.4, -0.2) is 46.6 Å². The second-order valence-corrected chi connectivity index (χ2v) is 9.15. The molecule has 14 heteroatoms. The maximum atomic E-state index is 11.8. The van der Waals surface area contributed by atoms with E-state index >= 15 is 0 Å². The molecule has 0 aliphatic rings. The van der Waals surface area contributed by atoms with Gasteiger partial charge in [-0.2, -0.15) is 25.3 Å². The van der Waals surface area contributed by atoms with Crippen LogP contribution >= 0.6 is 12.6 Å². The Labute approximate surface area is 162 Å². The van der Waals surface area contributed by atoms with Crippen LogP contribution in [0.5, 0.6) is 0 Å². The van der Waals surface area contributed by atoms with Crippen molar-refractivity contribution in [3.63, 3.8) is 0 Å². The molecule has 1 rings (SSSR count). The van der Waals surface area contributed by atoms with Crippen molar-refractivity contribution in [2.24, 2.45) is 0 Å². The van der Waals surface area contributed by atoms with Gasteiger partial charge in [-0.1, -0.05) is 0 Å². The summed E-state index contributed by atoms with van der Waals surface area (Å²) in [7, 11) is -10.7. The predicted molar refractivity (Wildman–Crippen MR) is 76.3 cm³/mol. The molecule has 0 saturated heterocycles. The Kier molecular flexibility index (Phi) is 8.23. The van der Waals surface area contributed by atoms with Crippen molar-refractivity contribution in [2.75, 3.05) is 21.3 Å². The van der Waals surface area contributed by atoms with Crippen LogP contribution in [0.3, 0.4) is 0 Å². The number of hydrogen-bond acceptors (Lipinski definition) is 10. The fourth-order valence-corrected chi connectivity index (χ4v) is 4.69. The maximum Gasteiger partial charge on any atom is 1.00 e. The molecule has 0 unspecified atom stereocenters. The van der Waals surface area contributed by atoms with Gasteiger partial charge in [0.05, 0.1) is 26.2 Å². The van der Waals surface area contributed by atoms with Crippen molar-refractivity contribution in [3.05, 3.63) is 12.1 Å². The standard InChI is InChI=1S/C9H12O9S4.Na/c1-16-20(10,11)6-4-7(21(12,13)17-2)9(19)8(5-6)22(14,15)18-3;/h4-5,19H,1-3H3;/q;+1. The fourth-order valence-electron chi connectivity index (χ4n) is 1.36. The van der Waals surface area contributed by atoms with Gasteiger partial charge in [0.25, 0.3) is 30.4 Å². The first-order valence-electron chi connectivity index (χ1n) is 5.22. The third kappa shape index (κ3) is 4.90. The van der Waals surface area contributed by atoms with Gasteiger partial charge in [-0.05, 0) is 12.1 Å². The SMILES string of the molecule is COS(=O)(=O)c1cc(S(=O)(=O)OC)c(S)c(S(=O)(=O)OC)c1.[Na+]. The van der Waals surface area contributed by atoms with Gasteiger partial charge < -0.3 is 0 Å². The third-order valence-corrected chi connectivity index (χ3v) is 7.13. The van der Waals surface area contributed by atoms with Crippen LogP contribution in [0.2, 0.25) is 0 Å². The van der Waals surface area contributed by atoms with Crippen LogP contribution in [0.15, 0.2) is 31.7 Å². The fraction of sp³-hybridized carbons (Fsp3) is 0.333. The molecule has 0 aliphatic heterocycles. The Morgan fingerprint density at radius 3 is 1.30 bits per heavy atom. The van der Waals surface area contributed by atoms with Gasteiger partial charge in [0.1, 0.15) is 9.79 Å². The summed E-state index contributed by atoms with van der Waals surface area (Å²) in [6.45, 7) is 0. The molecule has 0 bridgehead atoms. The van der Waals surface area contributed by atoms with Crippen LogP contribution in [0.1, 0.15) is 0 Å². The van der Waals surface area contributed by atoms with E-state index in [-0.39, 0.29) is 29.6 Å². The van der Waals surface area contributed by atoms with Crippen LogP contribution < -0.4 is 29.6 Å². The minimum Gasteiger partial charge on any atom is -0.270 e. The first-order valence-corrected chi connectivity index (χ1v) is 9.89. The summed E-state index contributed by atoms with van der Waals surface area (Å²) in [5.41, 5.74) is 0. The van der Waals surface area contributed by atoms with Crippen molar-refractivity contribution in [1.82, 2.24) is 0 Å². The summed E-state index contributed by atoms with van der Waals surface area (Å²) < 4.78 is 83.5. The molecule has 0 N–H and O–H groups in total. The van der Waals surface area contributed by atoms with Gasteiger partial charge in [-0.15, -0.1) is 12.6 Å². The first kappa shape index (κ1) is 23.3. The Morgan fingerprint density at radius 2 is 1.04 bits per heavy atom. The van der Waals surface area contributed by atoms with Crippen molar-refractivity contribution < 1.29 is 67.4 Å². The van der Waals surface area contributed by atoms with E-state index in [9.17, 15) is 25.3 Å². The zero-order chi connectivity index (χ0) is 17.3. The number of thiol groups is 1. The van der Waals surface area contributed by atoms with Gasteiger partial charge in [-0.3, -0.25) is 12.5 Å². The van der Waals surface area contributed by atoms with E-state index < -0.39 is 49.9 Å². The van der Waals surface area contributed by atoms with Crippen LogP contribution in [0.4, 0.5) is 0 Å². The molecular weight excluding hydrogens is 403 g/mol. The largest absolute Gasteiger partial charge is 1.00 e. The quantitative estimate of drug-likeness (QED) is 0.293. The van der Waals surface area contributed by atoms with Crippen molar-refractivity contribution >= 4 is 43.0 Å². The van der Waals surface area contributed by atoms with Crippen molar-refractivity contribution in [1.29, 1.82) is 0 Å².